The van der Waals surface area contributed by atoms with E-state index in [0.29, 0.717) is 34.8 Å². The largest absolute Gasteiger partial charge is 0.490 e. The number of aryl methyl sites for hydroxylation is 4. The molecule has 0 saturated carbocycles. The zero-order valence-electron chi connectivity index (χ0n) is 37.1. The zero-order valence-corrected chi connectivity index (χ0v) is 37.9. The van der Waals surface area contributed by atoms with E-state index in [1.54, 1.807) is 51.2 Å². The van der Waals surface area contributed by atoms with Crippen LogP contribution < -0.4 is 26.0 Å². The summed E-state index contributed by atoms with van der Waals surface area (Å²) in [6.45, 7) is 24.3. The predicted octanol–water partition coefficient (Wildman–Crippen LogP) is 8.17. The minimum atomic E-state index is -0.517. The van der Waals surface area contributed by atoms with E-state index in [0.717, 1.165) is 22.8 Å². The van der Waals surface area contributed by atoms with Crippen molar-refractivity contribution in [3.05, 3.63) is 82.2 Å². The lowest BCUT2D eigenvalue weighted by atomic mass is 10.2. The third-order valence-electron chi connectivity index (χ3n) is 7.55. The molecule has 4 amide bonds. The predicted molar refractivity (Wildman–Crippen MR) is 235 cm³/mol. The first-order valence-electron chi connectivity index (χ1n) is 19.4. The van der Waals surface area contributed by atoms with Crippen LogP contribution in [-0.4, -0.2) is 68.2 Å². The molecule has 0 fully saturated rings. The monoisotopic (exact) mass is 849 g/mol. The quantitative estimate of drug-likeness (QED) is 0.105. The second-order valence-electron chi connectivity index (χ2n) is 14.5. The van der Waals surface area contributed by atoms with Crippen molar-refractivity contribution in [2.75, 3.05) is 35.0 Å². The van der Waals surface area contributed by atoms with Gasteiger partial charge in [0.15, 0.2) is 23.2 Å². The molecule has 4 rings (SSSR count). The fourth-order valence-corrected chi connectivity index (χ4v) is 4.19. The van der Waals surface area contributed by atoms with Gasteiger partial charge in [-0.05, 0) is 71.0 Å². The Kier molecular flexibility index (Phi) is 22.7. The molecule has 0 spiro atoms. The molecule has 326 valence electrons. The van der Waals surface area contributed by atoms with E-state index < -0.39 is 5.97 Å². The number of nitrogens with zero attached hydrogens (tertiary/aromatic N) is 5. The number of aromatic nitrogens is 5. The third kappa shape index (κ3) is 19.1. The Bertz CT molecular complexity index is 2060. The molecule has 17 heteroatoms. The SMILES string of the molecule is CCOc1ccc(C)nc1NC(=O)C(C)C.COC(=O)c1ccc(C)nc1NC(=O)C(C)C.Cc1ccc(Cl)c(NC(=O)C(C)C)n1.Cc1cncc(NC(=O)C(C)C)n1. The highest BCUT2D eigenvalue weighted by molar-refractivity contribution is 6.33. The molecule has 0 atom stereocenters. The maximum atomic E-state index is 11.6. The number of methoxy groups -OCH3 is 1. The Morgan fingerprint density at radius 3 is 1.48 bits per heavy atom. The summed E-state index contributed by atoms with van der Waals surface area (Å²) in [5.41, 5.74) is 3.45. The highest BCUT2D eigenvalue weighted by Crippen LogP contribution is 2.23. The highest BCUT2D eigenvalue weighted by Gasteiger charge is 2.17. The Morgan fingerprint density at radius 1 is 0.567 bits per heavy atom. The van der Waals surface area contributed by atoms with Crippen LogP contribution in [0.4, 0.5) is 23.3 Å². The van der Waals surface area contributed by atoms with Gasteiger partial charge in [-0.3, -0.25) is 24.2 Å². The van der Waals surface area contributed by atoms with Gasteiger partial charge in [0.2, 0.25) is 23.6 Å². The van der Waals surface area contributed by atoms with Crippen LogP contribution in [0.15, 0.2) is 48.8 Å². The maximum absolute atomic E-state index is 11.6. The number of carbonyl (C=O) groups excluding carboxylic acids is 5. The number of pyridine rings is 3. The van der Waals surface area contributed by atoms with Crippen LogP contribution in [0, 0.1) is 51.4 Å². The molecular formula is C43H60ClN9O7. The molecule has 4 aromatic rings. The van der Waals surface area contributed by atoms with Crippen molar-refractivity contribution in [3.63, 3.8) is 0 Å². The number of halogens is 1. The summed E-state index contributed by atoms with van der Waals surface area (Å²) >= 11 is 5.87. The fraction of sp³-hybridized carbons (Fsp3) is 0.442. The maximum Gasteiger partial charge on any atom is 0.341 e. The first-order chi connectivity index (χ1) is 28.1. The number of hydrogen-bond donors (Lipinski definition) is 4. The second kappa shape index (κ2) is 26.1. The summed E-state index contributed by atoms with van der Waals surface area (Å²) in [5, 5.41) is 11.2. The van der Waals surface area contributed by atoms with Crippen molar-refractivity contribution < 1.29 is 33.4 Å². The molecule has 0 radical (unpaired) electrons. The van der Waals surface area contributed by atoms with E-state index in [2.05, 4.69) is 50.9 Å². The minimum Gasteiger partial charge on any atom is -0.490 e. The number of hydrogen-bond acceptors (Lipinski definition) is 12. The summed E-state index contributed by atoms with van der Waals surface area (Å²) in [6, 6.07) is 10.5. The molecule has 0 aliphatic rings. The summed E-state index contributed by atoms with van der Waals surface area (Å²) in [4.78, 5) is 77.8. The smallest absolute Gasteiger partial charge is 0.341 e. The van der Waals surface area contributed by atoms with E-state index in [4.69, 9.17) is 16.3 Å². The Labute approximate surface area is 358 Å². The standard InChI is InChI=1S/C12H16N2O3.C12H18N2O2.C10H13ClN2O.C9H13N3O/c1-7(2)11(15)14-10-9(12(16)17-4)6-5-8(3)13-10;1-5-16-10-7-6-9(4)13-11(10)14-12(15)8(2)3;1-6(2)10(14)13-9-8(11)5-4-7(3)12-9;1-6(2)9(13)12-8-5-10-4-7(3)11-8/h5-7H,1-4H3,(H,13,14,15);6-8H,5H2,1-4H3,(H,13,14,15);4-6H,1-3H3,(H,12,13,14);4-6H,1-3H3,(H,11,12,13). The number of rotatable bonds is 11. The van der Waals surface area contributed by atoms with Gasteiger partial charge in [-0.15, -0.1) is 0 Å². The lowest BCUT2D eigenvalue weighted by Crippen LogP contribution is -2.21. The Balaban J connectivity index is 0.000000402. The van der Waals surface area contributed by atoms with Crippen LogP contribution in [0.25, 0.3) is 0 Å². The molecule has 4 aromatic heterocycles. The first-order valence-corrected chi connectivity index (χ1v) is 19.8. The van der Waals surface area contributed by atoms with E-state index in [1.807, 2.05) is 81.4 Å². The van der Waals surface area contributed by atoms with Crippen LogP contribution in [-0.2, 0) is 23.9 Å². The lowest BCUT2D eigenvalue weighted by molar-refractivity contribution is -0.119. The molecule has 0 aliphatic heterocycles. The molecule has 60 heavy (non-hydrogen) atoms. The van der Waals surface area contributed by atoms with Crippen molar-refractivity contribution in [1.82, 2.24) is 24.9 Å². The topological polar surface area (TPSA) is 216 Å². The lowest BCUT2D eigenvalue weighted by Gasteiger charge is -2.12. The number of carbonyl (C=O) groups is 5. The van der Waals surface area contributed by atoms with E-state index in [1.165, 1.54) is 13.3 Å². The molecule has 0 unspecified atom stereocenters. The van der Waals surface area contributed by atoms with Gasteiger partial charge in [-0.25, -0.2) is 24.7 Å². The third-order valence-corrected chi connectivity index (χ3v) is 7.86. The molecule has 0 aromatic carbocycles. The van der Waals surface area contributed by atoms with Gasteiger partial charge in [-0.2, -0.15) is 0 Å². The van der Waals surface area contributed by atoms with E-state index >= 15 is 0 Å². The number of amides is 4. The van der Waals surface area contributed by atoms with Crippen molar-refractivity contribution in [1.29, 1.82) is 0 Å². The number of esters is 1. The van der Waals surface area contributed by atoms with Crippen LogP contribution in [0.1, 0.15) is 95.4 Å². The van der Waals surface area contributed by atoms with Gasteiger partial charge in [0.25, 0.3) is 0 Å². The molecule has 4 heterocycles. The van der Waals surface area contributed by atoms with E-state index in [9.17, 15) is 24.0 Å². The van der Waals surface area contributed by atoms with Crippen molar-refractivity contribution >= 4 is 64.5 Å². The van der Waals surface area contributed by atoms with Gasteiger partial charge < -0.3 is 30.7 Å². The molecular weight excluding hydrogens is 790 g/mol. The second-order valence-corrected chi connectivity index (χ2v) is 14.9. The summed E-state index contributed by atoms with van der Waals surface area (Å²) in [7, 11) is 1.29. The van der Waals surface area contributed by atoms with Crippen molar-refractivity contribution in [2.24, 2.45) is 23.7 Å². The molecule has 16 nitrogen and oxygen atoms in total. The number of anilines is 4. The summed E-state index contributed by atoms with van der Waals surface area (Å²) in [5.74, 6) is 1.06. The van der Waals surface area contributed by atoms with Gasteiger partial charge >= 0.3 is 5.97 Å². The zero-order chi connectivity index (χ0) is 45.7. The highest BCUT2D eigenvalue weighted by atomic mass is 35.5. The first kappa shape index (κ1) is 52.0. The van der Waals surface area contributed by atoms with Gasteiger partial charge in [0, 0.05) is 47.0 Å². The average molecular weight is 850 g/mol. The average Bonchev–Trinajstić information content (AvgIpc) is 3.17. The van der Waals surface area contributed by atoms with E-state index in [-0.39, 0.29) is 58.7 Å². The number of nitrogens with one attached hydrogen (secondary N) is 4. The normalized spacial score (nSPS) is 10.2. The van der Waals surface area contributed by atoms with Gasteiger partial charge in [0.1, 0.15) is 11.4 Å². The van der Waals surface area contributed by atoms with Crippen LogP contribution >= 0.6 is 11.6 Å². The van der Waals surface area contributed by atoms with Crippen LogP contribution in [0.5, 0.6) is 5.75 Å². The molecule has 0 aliphatic carbocycles. The minimum absolute atomic E-state index is 0.0395. The van der Waals surface area contributed by atoms with Crippen LogP contribution in [0.2, 0.25) is 5.02 Å². The van der Waals surface area contributed by atoms with Crippen LogP contribution in [0.3, 0.4) is 0 Å². The Hall–Kier alpha value is -6.03. The number of ether oxygens (including phenoxy) is 2. The molecule has 4 N–H and O–H groups in total. The van der Waals surface area contributed by atoms with Crippen molar-refractivity contribution in [3.8, 4) is 5.75 Å². The molecule has 0 bridgehead atoms. The van der Waals surface area contributed by atoms with Gasteiger partial charge in [-0.1, -0.05) is 67.0 Å². The van der Waals surface area contributed by atoms with Crippen molar-refractivity contribution in [2.45, 2.75) is 90.0 Å². The summed E-state index contributed by atoms with van der Waals surface area (Å²) in [6.07, 6.45) is 3.18. The fourth-order valence-electron chi connectivity index (χ4n) is 4.04. The Morgan fingerprint density at radius 2 is 1.00 bits per heavy atom. The van der Waals surface area contributed by atoms with Gasteiger partial charge in [0.05, 0.1) is 30.6 Å². The summed E-state index contributed by atoms with van der Waals surface area (Å²) < 4.78 is 10.0. The molecule has 0 saturated heterocycles.